The zero-order valence-corrected chi connectivity index (χ0v) is 14.7. The number of H-pyrrole nitrogens is 1. The van der Waals surface area contributed by atoms with Gasteiger partial charge in [-0.25, -0.2) is 21.3 Å². The zero-order chi connectivity index (χ0) is 18.4. The Kier molecular flexibility index (Phi) is 13.3. The lowest BCUT2D eigenvalue weighted by atomic mass is 10.4. The summed E-state index contributed by atoms with van der Waals surface area (Å²) in [6.45, 7) is 7.37. The Hall–Kier alpha value is -2.33. The molecule has 0 saturated heterocycles. The number of rotatable bonds is 2. The number of urea groups is 2. The standard InChI is InChI=1S/2C5H13N3O.C3H4N2/c2*1-4(2)8(6)5(9)7-3;1-2-4-5-3-1/h2*4H,6H2,1-3H3,(H,7,9);1-3H,(H,4,5). The molecule has 1 aromatic heterocycles. The summed E-state index contributed by atoms with van der Waals surface area (Å²) in [4.78, 5) is 21.3. The summed E-state index contributed by atoms with van der Waals surface area (Å²) in [5.41, 5.74) is 0. The monoisotopic (exact) mass is 330 g/mol. The molecule has 10 nitrogen and oxygen atoms in total. The van der Waals surface area contributed by atoms with Crippen LogP contribution >= 0.6 is 0 Å². The van der Waals surface area contributed by atoms with Crippen LogP contribution in [0.25, 0.3) is 0 Å². The lowest BCUT2D eigenvalue weighted by Crippen LogP contribution is -2.47. The normalized spacial score (nSPS) is 9.13. The van der Waals surface area contributed by atoms with Crippen molar-refractivity contribution in [1.82, 2.24) is 30.8 Å². The highest BCUT2D eigenvalue weighted by Crippen LogP contribution is 1.88. The fraction of sp³-hybridized carbons (Fsp3) is 0.615. The quantitative estimate of drug-likeness (QED) is 0.299. The van der Waals surface area contributed by atoms with E-state index in [2.05, 4.69) is 20.8 Å². The second kappa shape index (κ2) is 13.3. The third-order valence-electron chi connectivity index (χ3n) is 2.42. The maximum absolute atomic E-state index is 10.6. The molecule has 0 spiro atoms. The molecule has 0 radical (unpaired) electrons. The van der Waals surface area contributed by atoms with Gasteiger partial charge in [0.05, 0.1) is 0 Å². The Balaban J connectivity index is 0. The maximum Gasteiger partial charge on any atom is 0.331 e. The lowest BCUT2D eigenvalue weighted by molar-refractivity contribution is 0.186. The first-order valence-corrected chi connectivity index (χ1v) is 7.13. The molecule has 0 atom stereocenters. The van der Waals surface area contributed by atoms with Crippen molar-refractivity contribution in [3.63, 3.8) is 0 Å². The van der Waals surface area contributed by atoms with Gasteiger partial charge in [0, 0.05) is 38.6 Å². The van der Waals surface area contributed by atoms with Gasteiger partial charge in [-0.15, -0.1) is 0 Å². The van der Waals surface area contributed by atoms with E-state index in [0.29, 0.717) is 0 Å². The third-order valence-corrected chi connectivity index (χ3v) is 2.42. The largest absolute Gasteiger partial charge is 0.340 e. The summed E-state index contributed by atoms with van der Waals surface area (Å²) in [6.07, 6.45) is 3.46. The van der Waals surface area contributed by atoms with Crippen LogP contribution in [0.15, 0.2) is 18.5 Å². The predicted octanol–water partition coefficient (Wildman–Crippen LogP) is 0.230. The van der Waals surface area contributed by atoms with E-state index in [1.165, 1.54) is 0 Å². The molecular formula is C13H30N8O2. The molecule has 1 heterocycles. The summed E-state index contributed by atoms with van der Waals surface area (Å²) in [5, 5.41) is 13.3. The second-order valence-corrected chi connectivity index (χ2v) is 4.88. The van der Waals surface area contributed by atoms with Crippen molar-refractivity contribution < 1.29 is 9.59 Å². The van der Waals surface area contributed by atoms with Crippen molar-refractivity contribution in [3.05, 3.63) is 18.5 Å². The summed E-state index contributed by atoms with van der Waals surface area (Å²) in [7, 11) is 3.09. The molecule has 0 aliphatic carbocycles. The topological polar surface area (TPSA) is 145 Å². The predicted molar refractivity (Wildman–Crippen MR) is 89.8 cm³/mol. The molecule has 0 saturated carbocycles. The van der Waals surface area contributed by atoms with E-state index in [4.69, 9.17) is 11.7 Å². The number of aromatic amines is 1. The molecule has 0 bridgehead atoms. The summed E-state index contributed by atoms with van der Waals surface area (Å²) in [6, 6.07) is 1.41. The van der Waals surface area contributed by atoms with Crippen molar-refractivity contribution in [2.75, 3.05) is 14.1 Å². The van der Waals surface area contributed by atoms with Crippen LogP contribution in [0.1, 0.15) is 27.7 Å². The zero-order valence-electron chi connectivity index (χ0n) is 14.7. The van der Waals surface area contributed by atoms with Crippen molar-refractivity contribution >= 4 is 12.1 Å². The summed E-state index contributed by atoms with van der Waals surface area (Å²) < 4.78 is 0. The maximum atomic E-state index is 10.6. The minimum absolute atomic E-state index is 0.0462. The average Bonchev–Trinajstić information content (AvgIpc) is 3.11. The Labute approximate surface area is 137 Å². The lowest BCUT2D eigenvalue weighted by Gasteiger charge is -2.19. The van der Waals surface area contributed by atoms with E-state index < -0.39 is 0 Å². The van der Waals surface area contributed by atoms with Crippen molar-refractivity contribution in [1.29, 1.82) is 0 Å². The van der Waals surface area contributed by atoms with Crippen molar-refractivity contribution in [2.45, 2.75) is 39.8 Å². The van der Waals surface area contributed by atoms with Crippen LogP contribution in [0, 0.1) is 0 Å². The summed E-state index contributed by atoms with van der Waals surface area (Å²) >= 11 is 0. The van der Waals surface area contributed by atoms with Gasteiger partial charge in [0.25, 0.3) is 0 Å². The number of amides is 4. The molecule has 134 valence electrons. The Bertz CT molecular complexity index is 365. The van der Waals surface area contributed by atoms with Crippen LogP contribution in [0.2, 0.25) is 0 Å². The molecule has 4 amide bonds. The molecule has 1 rings (SSSR count). The molecule has 0 aliphatic rings. The van der Waals surface area contributed by atoms with Gasteiger partial charge in [0.2, 0.25) is 0 Å². The highest BCUT2D eigenvalue weighted by Gasteiger charge is 2.09. The van der Waals surface area contributed by atoms with Crippen LogP contribution in [0.4, 0.5) is 9.59 Å². The van der Waals surface area contributed by atoms with Gasteiger partial charge >= 0.3 is 12.1 Å². The van der Waals surface area contributed by atoms with Crippen molar-refractivity contribution in [3.8, 4) is 0 Å². The summed E-state index contributed by atoms with van der Waals surface area (Å²) in [5.74, 6) is 10.6. The Morgan fingerprint density at radius 1 is 1.00 bits per heavy atom. The van der Waals surface area contributed by atoms with Crippen LogP contribution in [-0.4, -0.2) is 58.5 Å². The van der Waals surface area contributed by atoms with Gasteiger partial charge in [0.1, 0.15) is 0 Å². The molecule has 1 aromatic rings. The van der Waals surface area contributed by atoms with Crippen molar-refractivity contribution in [2.24, 2.45) is 11.7 Å². The number of carbonyl (C=O) groups excluding carboxylic acids is 2. The number of hydrogen-bond acceptors (Lipinski definition) is 5. The van der Waals surface area contributed by atoms with Gasteiger partial charge in [-0.3, -0.25) is 15.1 Å². The van der Waals surface area contributed by atoms with E-state index >= 15 is 0 Å². The number of hydrogen-bond donors (Lipinski definition) is 5. The van der Waals surface area contributed by atoms with E-state index in [0.717, 1.165) is 10.0 Å². The van der Waals surface area contributed by atoms with E-state index in [-0.39, 0.29) is 24.1 Å². The highest BCUT2D eigenvalue weighted by atomic mass is 16.2. The third kappa shape index (κ3) is 12.0. The smallest absolute Gasteiger partial charge is 0.331 e. The number of nitrogens with zero attached hydrogens (tertiary/aromatic N) is 3. The fourth-order valence-electron chi connectivity index (χ4n) is 0.942. The SMILES string of the molecule is CNC(=O)N(N)C(C)C.CNC(=O)N(N)C(C)C.c1cn[nH]c1. The van der Waals surface area contributed by atoms with Crippen LogP contribution in [0.3, 0.4) is 0 Å². The first-order valence-electron chi connectivity index (χ1n) is 7.13. The van der Waals surface area contributed by atoms with Gasteiger partial charge in [-0.1, -0.05) is 0 Å². The van der Waals surface area contributed by atoms with Gasteiger partial charge in [0.15, 0.2) is 0 Å². The second-order valence-electron chi connectivity index (χ2n) is 4.88. The molecule has 7 N–H and O–H groups in total. The molecular weight excluding hydrogens is 300 g/mol. The van der Waals surface area contributed by atoms with Crippen LogP contribution in [-0.2, 0) is 0 Å². The van der Waals surface area contributed by atoms with Crippen LogP contribution < -0.4 is 22.3 Å². The van der Waals surface area contributed by atoms with Gasteiger partial charge in [-0.2, -0.15) is 5.10 Å². The van der Waals surface area contributed by atoms with Crippen LogP contribution in [0.5, 0.6) is 0 Å². The molecule has 0 fully saturated rings. The van der Waals surface area contributed by atoms with Gasteiger partial charge < -0.3 is 10.6 Å². The first kappa shape index (κ1) is 22.9. The van der Waals surface area contributed by atoms with E-state index in [9.17, 15) is 9.59 Å². The number of nitrogens with one attached hydrogen (secondary N) is 3. The number of hydrazine groups is 2. The fourth-order valence-corrected chi connectivity index (χ4v) is 0.942. The molecule has 0 aliphatic heterocycles. The molecule has 0 aromatic carbocycles. The van der Waals surface area contributed by atoms with E-state index in [1.807, 2.05) is 33.8 Å². The minimum atomic E-state index is -0.259. The molecule has 0 unspecified atom stereocenters. The van der Waals surface area contributed by atoms with E-state index in [1.54, 1.807) is 26.5 Å². The molecule has 23 heavy (non-hydrogen) atoms. The highest BCUT2D eigenvalue weighted by molar-refractivity contribution is 5.73. The first-order chi connectivity index (χ1) is 10.7. The minimum Gasteiger partial charge on any atom is -0.340 e. The number of carbonyl (C=O) groups is 2. The van der Waals surface area contributed by atoms with Gasteiger partial charge in [-0.05, 0) is 33.8 Å². The Morgan fingerprint density at radius 3 is 1.48 bits per heavy atom. The number of nitrogens with two attached hydrogens (primary N) is 2. The Morgan fingerprint density at radius 2 is 1.39 bits per heavy atom. The number of aromatic nitrogens is 2. The average molecular weight is 330 g/mol. The molecule has 10 heteroatoms.